The highest BCUT2D eigenvalue weighted by Crippen LogP contribution is 2.18. The number of carbonyl (C=O) groups is 1. The normalized spacial score (nSPS) is 13.3. The van der Waals surface area contributed by atoms with Crippen LogP contribution in [-0.4, -0.2) is 23.0 Å². The summed E-state index contributed by atoms with van der Waals surface area (Å²) < 4.78 is 0. The molecule has 0 aromatic carbocycles. The van der Waals surface area contributed by atoms with E-state index in [0.29, 0.717) is 24.1 Å². The highest BCUT2D eigenvalue weighted by Gasteiger charge is 2.27. The first-order valence-corrected chi connectivity index (χ1v) is 8.10. The number of hydrogen-bond acceptors (Lipinski definition) is 4. The summed E-state index contributed by atoms with van der Waals surface area (Å²) >= 11 is 1.55. The van der Waals surface area contributed by atoms with Crippen LogP contribution in [0.25, 0.3) is 0 Å². The molecule has 7 heteroatoms. The van der Waals surface area contributed by atoms with Crippen molar-refractivity contribution in [2.45, 2.75) is 53.0 Å². The second kappa shape index (κ2) is 10.4. The third-order valence-corrected chi connectivity index (χ3v) is 3.96. The molecular formula is C15H29Cl2N3OS. The first kappa shape index (κ1) is 23.9. The maximum atomic E-state index is 12.3. The molecule has 0 saturated heterocycles. The molecule has 4 nitrogen and oxygen atoms in total. The van der Waals surface area contributed by atoms with Crippen molar-refractivity contribution in [3.8, 4) is 0 Å². The number of thiazole rings is 1. The summed E-state index contributed by atoms with van der Waals surface area (Å²) in [7, 11) is 0. The van der Waals surface area contributed by atoms with Gasteiger partial charge in [-0.25, -0.2) is 4.98 Å². The molecule has 1 rings (SSSR count). The molecular weight excluding hydrogens is 341 g/mol. The second-order valence-electron chi connectivity index (χ2n) is 6.54. The maximum absolute atomic E-state index is 12.3. The van der Waals surface area contributed by atoms with Crippen molar-refractivity contribution in [1.82, 2.24) is 10.3 Å². The summed E-state index contributed by atoms with van der Waals surface area (Å²) in [5.41, 5.74) is 5.96. The Morgan fingerprint density at radius 2 is 1.91 bits per heavy atom. The zero-order valence-electron chi connectivity index (χ0n) is 14.0. The Bertz CT molecular complexity index is 452. The third kappa shape index (κ3) is 7.77. The molecule has 0 saturated carbocycles. The van der Waals surface area contributed by atoms with E-state index >= 15 is 0 Å². The maximum Gasteiger partial charge on any atom is 0.271 e. The molecule has 1 amide bonds. The number of carbonyl (C=O) groups excluding carboxylic acids is 1. The fourth-order valence-electron chi connectivity index (χ4n) is 2.28. The van der Waals surface area contributed by atoms with Crippen LogP contribution in [-0.2, 0) is 6.42 Å². The minimum Gasteiger partial charge on any atom is -0.344 e. The van der Waals surface area contributed by atoms with E-state index in [0.717, 1.165) is 17.8 Å². The van der Waals surface area contributed by atoms with Gasteiger partial charge >= 0.3 is 0 Å². The second-order valence-corrected chi connectivity index (χ2v) is 7.48. The van der Waals surface area contributed by atoms with Gasteiger partial charge < -0.3 is 11.1 Å². The average molecular weight is 370 g/mol. The molecule has 0 aliphatic rings. The highest BCUT2D eigenvalue weighted by molar-refractivity contribution is 7.09. The van der Waals surface area contributed by atoms with Gasteiger partial charge in [0.05, 0.1) is 10.5 Å². The molecule has 0 fully saturated rings. The van der Waals surface area contributed by atoms with Gasteiger partial charge in [-0.05, 0) is 25.2 Å². The van der Waals surface area contributed by atoms with Crippen LogP contribution < -0.4 is 11.1 Å². The number of rotatable bonds is 7. The summed E-state index contributed by atoms with van der Waals surface area (Å²) in [6.45, 7) is 11.0. The van der Waals surface area contributed by atoms with Crippen LogP contribution in [0.3, 0.4) is 0 Å². The smallest absolute Gasteiger partial charge is 0.271 e. The summed E-state index contributed by atoms with van der Waals surface area (Å²) in [5, 5.41) is 5.89. The lowest BCUT2D eigenvalue weighted by atomic mass is 9.90. The first-order valence-electron chi connectivity index (χ1n) is 7.22. The summed E-state index contributed by atoms with van der Waals surface area (Å²) in [5.74, 6) is 0.910. The lowest BCUT2D eigenvalue weighted by molar-refractivity contribution is 0.0893. The van der Waals surface area contributed by atoms with Gasteiger partial charge in [0, 0.05) is 18.3 Å². The molecule has 0 aliphatic heterocycles. The quantitative estimate of drug-likeness (QED) is 0.769. The molecule has 130 valence electrons. The topological polar surface area (TPSA) is 68.0 Å². The van der Waals surface area contributed by atoms with E-state index in [1.165, 1.54) is 0 Å². The monoisotopic (exact) mass is 369 g/mol. The Labute approximate surface area is 150 Å². The highest BCUT2D eigenvalue weighted by atomic mass is 35.5. The summed E-state index contributed by atoms with van der Waals surface area (Å²) in [6, 6.07) is 0. The van der Waals surface area contributed by atoms with Crippen molar-refractivity contribution in [2.24, 2.45) is 17.6 Å². The van der Waals surface area contributed by atoms with Crippen molar-refractivity contribution in [2.75, 3.05) is 6.54 Å². The van der Waals surface area contributed by atoms with E-state index in [9.17, 15) is 4.79 Å². The average Bonchev–Trinajstić information content (AvgIpc) is 2.75. The Morgan fingerprint density at radius 3 is 2.36 bits per heavy atom. The first-order chi connectivity index (χ1) is 9.25. The molecule has 1 atom stereocenters. The lowest BCUT2D eigenvalue weighted by Crippen LogP contribution is -2.52. The Kier molecular flexibility index (Phi) is 11.3. The largest absolute Gasteiger partial charge is 0.344 e. The molecule has 22 heavy (non-hydrogen) atoms. The molecule has 1 aromatic rings. The predicted octanol–water partition coefficient (Wildman–Crippen LogP) is 3.68. The van der Waals surface area contributed by atoms with Crippen LogP contribution >= 0.6 is 36.2 Å². The Morgan fingerprint density at radius 1 is 1.32 bits per heavy atom. The fraction of sp³-hybridized carbons (Fsp3) is 0.733. The molecule has 1 heterocycles. The van der Waals surface area contributed by atoms with E-state index in [1.54, 1.807) is 11.3 Å². The van der Waals surface area contributed by atoms with Gasteiger partial charge in [-0.2, -0.15) is 0 Å². The van der Waals surface area contributed by atoms with Gasteiger partial charge in [0.1, 0.15) is 5.69 Å². The van der Waals surface area contributed by atoms with E-state index in [4.69, 9.17) is 5.73 Å². The van der Waals surface area contributed by atoms with Gasteiger partial charge in [-0.1, -0.05) is 27.7 Å². The number of halogens is 2. The molecule has 1 aromatic heterocycles. The molecule has 0 aliphatic carbocycles. The van der Waals surface area contributed by atoms with Gasteiger partial charge in [0.15, 0.2) is 0 Å². The fourth-order valence-corrected chi connectivity index (χ4v) is 3.27. The van der Waals surface area contributed by atoms with E-state index in [1.807, 2.05) is 12.3 Å². The Hall–Kier alpha value is -0.360. The zero-order chi connectivity index (χ0) is 15.3. The number of nitrogens with zero attached hydrogens (tertiary/aromatic N) is 1. The van der Waals surface area contributed by atoms with Crippen molar-refractivity contribution < 1.29 is 4.79 Å². The number of hydrogen-bond donors (Lipinski definition) is 2. The van der Waals surface area contributed by atoms with Gasteiger partial charge in [0.2, 0.25) is 0 Å². The van der Waals surface area contributed by atoms with Crippen molar-refractivity contribution in [1.29, 1.82) is 0 Å². The number of aromatic nitrogens is 1. The predicted molar refractivity (Wildman–Crippen MR) is 99.5 cm³/mol. The summed E-state index contributed by atoms with van der Waals surface area (Å²) in [6.07, 6.45) is 1.77. The van der Waals surface area contributed by atoms with Crippen LogP contribution in [0.2, 0.25) is 0 Å². The van der Waals surface area contributed by atoms with Gasteiger partial charge in [-0.15, -0.1) is 36.2 Å². The molecule has 3 N–H and O–H groups in total. The number of amides is 1. The molecule has 0 bridgehead atoms. The molecule has 0 radical (unpaired) electrons. The van der Waals surface area contributed by atoms with Crippen molar-refractivity contribution in [3.05, 3.63) is 16.1 Å². The molecule has 0 spiro atoms. The van der Waals surface area contributed by atoms with E-state index < -0.39 is 0 Å². The standard InChI is InChI=1S/C15H27N3OS.2ClH/c1-10(2)6-13-17-12(8-20-13)14(19)18-15(5,9-16)7-11(3)4;;/h8,10-11H,6-7,9,16H2,1-5H3,(H,18,19);2*1H. The van der Waals surface area contributed by atoms with Crippen LogP contribution in [0, 0.1) is 11.8 Å². The SMILES string of the molecule is CC(C)Cc1nc(C(=O)NC(C)(CN)CC(C)C)cs1.Cl.Cl. The van der Waals surface area contributed by atoms with Crippen molar-refractivity contribution >= 4 is 42.1 Å². The molecule has 1 unspecified atom stereocenters. The zero-order valence-corrected chi connectivity index (χ0v) is 16.5. The number of nitrogens with one attached hydrogen (secondary N) is 1. The van der Waals surface area contributed by atoms with Gasteiger partial charge in [0.25, 0.3) is 5.91 Å². The minimum absolute atomic E-state index is 0. The lowest BCUT2D eigenvalue weighted by Gasteiger charge is -2.30. The van der Waals surface area contributed by atoms with E-state index in [2.05, 4.69) is 38.0 Å². The third-order valence-electron chi connectivity index (χ3n) is 3.09. The van der Waals surface area contributed by atoms with Gasteiger partial charge in [-0.3, -0.25) is 4.79 Å². The van der Waals surface area contributed by atoms with Crippen LogP contribution in [0.5, 0.6) is 0 Å². The number of nitrogens with two attached hydrogens (primary N) is 1. The summed E-state index contributed by atoms with van der Waals surface area (Å²) in [4.78, 5) is 16.7. The van der Waals surface area contributed by atoms with Crippen LogP contribution in [0.4, 0.5) is 0 Å². The van der Waals surface area contributed by atoms with Crippen molar-refractivity contribution in [3.63, 3.8) is 0 Å². The minimum atomic E-state index is -0.368. The van der Waals surface area contributed by atoms with Crippen LogP contribution in [0.1, 0.15) is 56.5 Å². The van der Waals surface area contributed by atoms with E-state index in [-0.39, 0.29) is 36.3 Å². The Balaban J connectivity index is 0. The van der Waals surface area contributed by atoms with Crippen LogP contribution in [0.15, 0.2) is 5.38 Å².